The van der Waals surface area contributed by atoms with E-state index in [2.05, 4.69) is 89.8 Å². The molecule has 0 radical (unpaired) electrons. The van der Waals surface area contributed by atoms with Crippen LogP contribution in [0.1, 0.15) is 177 Å². The van der Waals surface area contributed by atoms with Crippen molar-refractivity contribution in [3.63, 3.8) is 0 Å². The van der Waals surface area contributed by atoms with Gasteiger partial charge < -0.3 is 44.7 Å². The number of para-hydroxylation sites is 1. The maximum atomic E-state index is 16.6. The van der Waals surface area contributed by atoms with Crippen molar-refractivity contribution in [2.75, 3.05) is 106 Å². The number of piperidine rings is 3. The van der Waals surface area contributed by atoms with Crippen LogP contribution in [0.15, 0.2) is 89.2 Å². The molecule has 9 saturated heterocycles. The lowest BCUT2D eigenvalue weighted by Gasteiger charge is -2.45. The first kappa shape index (κ1) is 83.1. The molecule has 17 heterocycles. The zero-order valence-electron chi connectivity index (χ0n) is 70.9. The first-order chi connectivity index (χ1) is 62.1. The van der Waals surface area contributed by atoms with Crippen molar-refractivity contribution >= 4 is 85.9 Å². The molecule has 11 aliphatic rings. The summed E-state index contributed by atoms with van der Waals surface area (Å²) in [6.07, 6.45) is 9.17. The van der Waals surface area contributed by atoms with Crippen molar-refractivity contribution in [2.24, 2.45) is 31.8 Å². The lowest BCUT2D eigenvalue weighted by molar-refractivity contribution is -0.135. The topological polar surface area (TPSA) is 336 Å². The standard InChI is InChI=1S/C89H98F5N23O11/c1-105-77-50(8-4-11-65(77)116(88(105)123)67-12-5-26-95-86(67)121)9-6-27-108-40-53-33-52(108)41-109(53)39-48-13-16-51(17-14-48)114-45-62(75(103-114)80(91)92)98-84(119)60-37-97-113-30-25-73(101-83(60)113)111-43-56-35-69(111)79(128-56)58-32-49(15-18-64(58)115-46-63(76(104-115)81(93)94)99-85(120)59-36-96-112-29-24-72(100-82(59)112)110-42-55-34-54(110)47-127-55)38-107-28-23-71(61(90)44-107)126-31-7-10-57-70(125-3)21-19-66-78(57)106(2)89(124)117(66)68-20-22-74(118)102-87(68)122/h4,8,11,19,21,24-25,29-30,36-37,45-46,48-49,51-56,58,61,64,67-69,71,79-81H,5,12-18,20,22-23,26-28,31-35,38-44,47H2,1-3H3,(H,95,121)(H,98,119)(H,99,120)(H,102,118,122)/t48?,49-,51?,52+,53+,54-,55-,56-,58?,61-,64-,67?,68?,69-,71+,79?/m1/s1. The van der Waals surface area contributed by atoms with E-state index in [-0.39, 0.29) is 108 Å². The Hall–Kier alpha value is -11.9. The molecule has 670 valence electrons. The summed E-state index contributed by atoms with van der Waals surface area (Å²) >= 11 is 0. The highest BCUT2D eigenvalue weighted by atomic mass is 19.3. The molecule has 9 aliphatic heterocycles. The van der Waals surface area contributed by atoms with Gasteiger partial charge in [-0.2, -0.15) is 20.4 Å². The van der Waals surface area contributed by atoms with Gasteiger partial charge in [0.1, 0.15) is 53.4 Å². The van der Waals surface area contributed by atoms with Crippen LogP contribution in [0, 0.1) is 41.4 Å². The fourth-order valence-corrected chi connectivity index (χ4v) is 22.6. The average Bonchev–Trinajstić information content (AvgIpc) is 1.58. The minimum Gasteiger partial charge on any atom is -0.495 e. The Labute approximate surface area is 729 Å². The van der Waals surface area contributed by atoms with Crippen LogP contribution in [0.4, 0.5) is 45.0 Å². The van der Waals surface area contributed by atoms with Gasteiger partial charge in [-0.1, -0.05) is 29.7 Å². The van der Waals surface area contributed by atoms with Gasteiger partial charge in [-0.25, -0.2) is 50.5 Å². The van der Waals surface area contributed by atoms with Crippen LogP contribution in [0.5, 0.6) is 5.75 Å². The van der Waals surface area contributed by atoms with E-state index in [9.17, 15) is 33.6 Å². The monoisotopic (exact) mass is 1760 g/mol. The smallest absolute Gasteiger partial charge is 0.329 e. The zero-order chi connectivity index (χ0) is 87.8. The highest BCUT2D eigenvalue weighted by molar-refractivity contribution is 6.09. The Balaban J connectivity index is 0.483. The summed E-state index contributed by atoms with van der Waals surface area (Å²) < 4.78 is 115. The number of anilines is 4. The first-order valence-corrected chi connectivity index (χ1v) is 44.5. The second-order valence-electron chi connectivity index (χ2n) is 36.3. The van der Waals surface area contributed by atoms with Gasteiger partial charge in [-0.15, -0.1) is 0 Å². The molecular formula is C89H98F5N23O11. The quantitative estimate of drug-likeness (QED) is 0.0311. The molecule has 8 aromatic heterocycles. The van der Waals surface area contributed by atoms with Gasteiger partial charge in [0.2, 0.25) is 17.7 Å². The molecule has 4 unspecified atom stereocenters. The van der Waals surface area contributed by atoms with E-state index in [4.69, 9.17) is 28.9 Å². The summed E-state index contributed by atoms with van der Waals surface area (Å²) in [4.78, 5) is 115. The number of fused-ring (bicyclic) bond motifs is 10. The molecule has 6 bridgehead atoms. The molecule has 4 N–H and O–H groups in total. The Kier molecular flexibility index (Phi) is 21.8. The largest absolute Gasteiger partial charge is 0.495 e. The van der Waals surface area contributed by atoms with E-state index >= 15 is 22.0 Å². The maximum Gasteiger partial charge on any atom is 0.329 e. The third-order valence-electron chi connectivity index (χ3n) is 28.8. The number of halogens is 5. The maximum absolute atomic E-state index is 16.6. The molecule has 128 heavy (non-hydrogen) atoms. The van der Waals surface area contributed by atoms with Crippen LogP contribution < -0.4 is 47.2 Å². The van der Waals surface area contributed by atoms with E-state index in [0.29, 0.717) is 142 Å². The number of benzene rings is 2. The number of imide groups is 1. The van der Waals surface area contributed by atoms with E-state index < -0.39 is 96.0 Å². The van der Waals surface area contributed by atoms with Crippen molar-refractivity contribution in [3.8, 4) is 29.4 Å². The summed E-state index contributed by atoms with van der Waals surface area (Å²) in [5.41, 5.74) is 1.72. The number of alkyl halides is 5. The zero-order valence-corrected chi connectivity index (χ0v) is 70.9. The molecule has 2 aromatic carbocycles. The number of likely N-dealkylation sites (tertiary alicyclic amines) is 3. The number of imidazole rings is 2. The number of nitrogens with zero attached hydrogens (tertiary/aromatic N) is 19. The van der Waals surface area contributed by atoms with Crippen molar-refractivity contribution in [2.45, 2.75) is 188 Å². The molecule has 5 amide bonds. The summed E-state index contributed by atoms with van der Waals surface area (Å²) in [5.74, 6) is 11.8. The number of hydrogen-bond acceptors (Lipinski definition) is 22. The first-order valence-electron chi connectivity index (χ1n) is 44.5. The number of nitrogens with one attached hydrogen (secondary N) is 4. The predicted octanol–water partition coefficient (Wildman–Crippen LogP) is 7.29. The van der Waals surface area contributed by atoms with E-state index in [1.54, 1.807) is 58.5 Å². The number of hydrogen-bond donors (Lipinski definition) is 4. The number of carbonyl (C=O) groups excluding carboxylic acids is 5. The summed E-state index contributed by atoms with van der Waals surface area (Å²) in [7, 11) is 4.77. The van der Waals surface area contributed by atoms with Gasteiger partial charge in [0.15, 0.2) is 22.7 Å². The molecule has 11 fully saturated rings. The van der Waals surface area contributed by atoms with E-state index in [1.165, 1.54) is 54.7 Å². The van der Waals surface area contributed by atoms with Crippen LogP contribution in [-0.4, -0.2) is 252 Å². The number of methoxy groups -OCH3 is 1. The van der Waals surface area contributed by atoms with E-state index in [1.807, 2.05) is 24.3 Å². The molecule has 21 rings (SSSR count). The number of aryl methyl sites for hydroxylation is 2. The second kappa shape index (κ2) is 33.6. The second-order valence-corrected chi connectivity index (χ2v) is 36.3. The number of ether oxygens (including phenoxy) is 4. The number of morpholine rings is 2. The van der Waals surface area contributed by atoms with Crippen molar-refractivity contribution in [1.82, 2.24) is 92.4 Å². The van der Waals surface area contributed by atoms with Gasteiger partial charge >= 0.3 is 11.4 Å². The summed E-state index contributed by atoms with van der Waals surface area (Å²) in [6.45, 7) is 6.45. The van der Waals surface area contributed by atoms with Crippen molar-refractivity contribution in [3.05, 3.63) is 134 Å². The summed E-state index contributed by atoms with van der Waals surface area (Å²) in [6, 6.07) is 11.0. The highest BCUT2D eigenvalue weighted by Crippen LogP contribution is 2.50. The van der Waals surface area contributed by atoms with Crippen LogP contribution in [0.25, 0.3) is 33.4 Å². The van der Waals surface area contributed by atoms with Crippen LogP contribution in [0.2, 0.25) is 0 Å². The molecule has 10 aromatic rings. The third-order valence-corrected chi connectivity index (χ3v) is 28.8. The van der Waals surface area contributed by atoms with Gasteiger partial charge in [0.25, 0.3) is 24.7 Å². The Bertz CT molecular complexity index is 6340. The van der Waals surface area contributed by atoms with Gasteiger partial charge in [-0.05, 0) is 138 Å². The minimum absolute atomic E-state index is 0.0338. The number of aromatic nitrogens is 14. The number of carbonyl (C=O) groups is 5. The van der Waals surface area contributed by atoms with Gasteiger partial charge in [0.05, 0.1) is 126 Å². The average molecular weight is 1760 g/mol. The van der Waals surface area contributed by atoms with Crippen LogP contribution in [-0.2, 0) is 42.7 Å². The number of rotatable bonds is 21. The van der Waals surface area contributed by atoms with Crippen LogP contribution >= 0.6 is 0 Å². The SMILES string of the molecule is COc1ccc2c(c1C#CCO[C@H]1CCN(C[C@@H]3CC[C@@H](n4cc(NC(=O)c5cnn6ccc(N7C[C@H]8C[C@@H]7CO8)nc56)c(C(F)F)n4)C(C4O[C@@H]5C[C@H]4N(c4ccn6ncc(C(=O)Nc7cn(C8CCC(CN9C[C@@H]%10C[C@H]9CN%10CC#Cc9cccc%10c9n(C)c(=O)n%10C9CCCNC9=O)CC8)nc7C(F)F)c6n4)C5)C3)C[C@H]1F)n(C)c(=O)n2C1CCC(=O)NC1=O. The number of amides is 5. The predicted molar refractivity (Wildman–Crippen MR) is 455 cm³/mol. The van der Waals surface area contributed by atoms with Crippen LogP contribution in [0.3, 0.4) is 0 Å². The summed E-state index contributed by atoms with van der Waals surface area (Å²) in [5, 5.41) is 28.6. The fourth-order valence-electron chi connectivity index (χ4n) is 22.6. The molecule has 0 spiro atoms. The normalized spacial score (nSPS) is 27.9. The molecule has 2 aliphatic carbocycles. The third kappa shape index (κ3) is 15.1. The fraction of sp³-hybridized carbons (Fsp3) is 0.539. The lowest BCUT2D eigenvalue weighted by atomic mass is 9.73. The Morgan fingerprint density at radius 1 is 0.641 bits per heavy atom. The Morgan fingerprint density at radius 2 is 1.31 bits per heavy atom. The lowest BCUT2D eigenvalue weighted by Crippen LogP contribution is -2.52. The minimum atomic E-state index is -3.10. The molecule has 2 saturated carbocycles. The van der Waals surface area contributed by atoms with Crippen molar-refractivity contribution in [1.29, 1.82) is 0 Å². The molecule has 14 atom stereocenters. The Morgan fingerprint density at radius 3 is 1.98 bits per heavy atom. The van der Waals surface area contributed by atoms with E-state index in [0.717, 1.165) is 75.7 Å². The molecular weight excluding hydrogens is 1660 g/mol. The van der Waals surface area contributed by atoms with Gasteiger partial charge in [-0.3, -0.25) is 71.6 Å². The highest BCUT2D eigenvalue weighted by Gasteiger charge is 2.54. The molecule has 39 heteroatoms. The molecule has 34 nitrogen and oxygen atoms in total. The number of piperazine rings is 1. The van der Waals surface area contributed by atoms with Gasteiger partial charge in [0, 0.05) is 122 Å². The van der Waals surface area contributed by atoms with Crippen molar-refractivity contribution < 1.29 is 64.9 Å².